The van der Waals surface area contributed by atoms with E-state index in [-0.39, 0.29) is 59.1 Å². The second kappa shape index (κ2) is 7.62. The number of thiocarbonyl (C=S) groups is 2. The van der Waals surface area contributed by atoms with Crippen molar-refractivity contribution in [2.75, 3.05) is 0 Å². The van der Waals surface area contributed by atoms with E-state index in [2.05, 4.69) is 49.7 Å². The van der Waals surface area contributed by atoms with E-state index in [9.17, 15) is 14.4 Å². The van der Waals surface area contributed by atoms with Crippen LogP contribution in [-0.2, 0) is 34.8 Å². The minimum absolute atomic E-state index is 0. The van der Waals surface area contributed by atoms with Gasteiger partial charge in [0.15, 0.2) is 0 Å². The van der Waals surface area contributed by atoms with E-state index in [0.29, 0.717) is 9.80 Å². The van der Waals surface area contributed by atoms with E-state index < -0.39 is 26.5 Å². The van der Waals surface area contributed by atoms with Crippen molar-refractivity contribution in [3.8, 4) is 0 Å². The molecule has 1 heterocycles. The van der Waals surface area contributed by atoms with Crippen molar-refractivity contribution in [1.82, 2.24) is 9.80 Å². The van der Waals surface area contributed by atoms with Gasteiger partial charge in [0.1, 0.15) is 0 Å². The third kappa shape index (κ3) is 3.61. The topological polar surface area (TPSA) is 57.7 Å². The molecular weight excluding hydrogens is 310 g/mol. The van der Waals surface area contributed by atoms with Crippen LogP contribution in [0.25, 0.3) is 0 Å². The number of carbonyl (C=O) groups is 3. The van der Waals surface area contributed by atoms with Crippen molar-refractivity contribution in [1.29, 1.82) is 0 Å². The van der Waals surface area contributed by atoms with Crippen LogP contribution in [0.2, 0.25) is 0 Å². The molecule has 0 N–H and O–H groups in total. The number of hydrogen-bond donors (Lipinski definition) is 0. The molecule has 1 saturated heterocycles. The first-order valence-electron chi connectivity index (χ1n) is 3.02. The number of imide groups is 2. The van der Waals surface area contributed by atoms with Crippen LogP contribution in [0.1, 0.15) is 0 Å². The van der Waals surface area contributed by atoms with Crippen molar-refractivity contribution in [2.24, 2.45) is 0 Å². The van der Waals surface area contributed by atoms with Gasteiger partial charge in [0.05, 0.1) is 0 Å². The first-order chi connectivity index (χ1) is 6.37. The molecule has 0 aromatic rings. The molecule has 16 heavy (non-hydrogen) atoms. The van der Waals surface area contributed by atoms with Gasteiger partial charge in [-0.25, -0.2) is 14.6 Å². The van der Waals surface area contributed by atoms with Gasteiger partial charge in [-0.05, 0) is 8.64 Å². The molecule has 0 aromatic heterocycles. The van der Waals surface area contributed by atoms with Crippen molar-refractivity contribution in [2.45, 2.75) is 0 Å². The van der Waals surface area contributed by atoms with Gasteiger partial charge in [0.2, 0.25) is 0 Å². The van der Waals surface area contributed by atoms with Gasteiger partial charge < -0.3 is 49.7 Å². The minimum atomic E-state index is -1.12. The van der Waals surface area contributed by atoms with Crippen LogP contribution < -0.4 is 59.1 Å². The summed E-state index contributed by atoms with van der Waals surface area (Å²) in [5.74, 6) is -2.25. The van der Waals surface area contributed by atoms with E-state index in [1.807, 2.05) is 0 Å². The maximum Gasteiger partial charge on any atom is 1.00 e. The fraction of sp³-hybridized carbons (Fsp3) is 0. The third-order valence-corrected chi connectivity index (χ3v) is 2.07. The van der Waals surface area contributed by atoms with Crippen molar-refractivity contribution in [3.63, 3.8) is 0 Å². The Morgan fingerprint density at radius 3 is 1.25 bits per heavy atom. The van der Waals surface area contributed by atoms with Gasteiger partial charge in [0, 0.05) is 0 Å². The Morgan fingerprint density at radius 2 is 1.12 bits per heavy atom. The number of rotatable bonds is 0. The smallest absolute Gasteiger partial charge is 0.410 e. The fourth-order valence-electron chi connectivity index (χ4n) is 0.787. The molecule has 0 spiro atoms. The van der Waals surface area contributed by atoms with Gasteiger partial charge >= 0.3 is 77.0 Å². The SMILES string of the molecule is O=C1C(=O)N(C(=S)[S-])C(=O)N1C(=S)[S-].[Na+].[Na+]. The average molecular weight is 310 g/mol. The monoisotopic (exact) mass is 310 g/mol. The summed E-state index contributed by atoms with van der Waals surface area (Å²) < 4.78 is -0.857. The number of nitrogens with zero attached hydrogens (tertiary/aromatic N) is 2. The predicted molar refractivity (Wildman–Crippen MR) is 59.0 cm³/mol. The maximum absolute atomic E-state index is 11.3. The average Bonchev–Trinajstić information content (AvgIpc) is 2.23. The van der Waals surface area contributed by atoms with Crippen LogP contribution >= 0.6 is 24.4 Å². The summed E-state index contributed by atoms with van der Waals surface area (Å²) >= 11 is 17.8. The molecule has 11 heteroatoms. The summed E-state index contributed by atoms with van der Waals surface area (Å²) in [5.41, 5.74) is 0. The molecule has 1 fully saturated rings. The molecule has 0 bridgehead atoms. The molecule has 1 aliphatic rings. The first kappa shape index (κ1) is 19.6. The molecule has 1 rings (SSSR count). The van der Waals surface area contributed by atoms with Crippen molar-refractivity contribution in [3.05, 3.63) is 0 Å². The molecule has 5 nitrogen and oxygen atoms in total. The molecular formula is C5N2Na2O3S4. The largest absolute Gasteiger partial charge is 1.00 e. The van der Waals surface area contributed by atoms with Crippen molar-refractivity contribution >= 4 is 76.2 Å². The van der Waals surface area contributed by atoms with Gasteiger partial charge in [-0.15, -0.1) is 0 Å². The van der Waals surface area contributed by atoms with Crippen LogP contribution in [0.5, 0.6) is 0 Å². The van der Waals surface area contributed by atoms with E-state index in [1.165, 1.54) is 0 Å². The summed E-state index contributed by atoms with van der Waals surface area (Å²) in [6, 6.07) is -1.000. The van der Waals surface area contributed by atoms with E-state index in [4.69, 9.17) is 0 Å². The second-order valence-electron chi connectivity index (χ2n) is 2.10. The molecule has 0 aliphatic carbocycles. The van der Waals surface area contributed by atoms with E-state index in [0.717, 1.165) is 0 Å². The van der Waals surface area contributed by atoms with Crippen LogP contribution in [0.15, 0.2) is 0 Å². The van der Waals surface area contributed by atoms with Gasteiger partial charge in [-0.1, -0.05) is 0 Å². The predicted octanol–water partition coefficient (Wildman–Crippen LogP) is -6.55. The Balaban J connectivity index is 0. The van der Waals surface area contributed by atoms with E-state index >= 15 is 0 Å². The minimum Gasteiger partial charge on any atom is -0.410 e. The summed E-state index contributed by atoms with van der Waals surface area (Å²) in [5, 5.41) is 0. The van der Waals surface area contributed by atoms with Crippen molar-refractivity contribution < 1.29 is 73.5 Å². The number of urea groups is 1. The molecule has 0 unspecified atom stereocenters. The summed E-state index contributed by atoms with van der Waals surface area (Å²) in [6.07, 6.45) is 0. The van der Waals surface area contributed by atoms with Crippen LogP contribution in [0.4, 0.5) is 4.79 Å². The van der Waals surface area contributed by atoms with Gasteiger partial charge in [0.25, 0.3) is 0 Å². The first-order valence-corrected chi connectivity index (χ1v) is 4.65. The zero-order valence-electron chi connectivity index (χ0n) is 8.25. The van der Waals surface area contributed by atoms with Crippen LogP contribution in [-0.4, -0.2) is 36.3 Å². The number of carbonyl (C=O) groups excluding carboxylic acids is 3. The van der Waals surface area contributed by atoms with Crippen LogP contribution in [0.3, 0.4) is 0 Å². The Hall–Kier alpha value is 1.23. The molecule has 0 atom stereocenters. The van der Waals surface area contributed by atoms with E-state index in [1.54, 1.807) is 0 Å². The molecule has 4 amide bonds. The Kier molecular flexibility index (Phi) is 9.32. The molecule has 0 radical (unpaired) electrons. The zero-order chi connectivity index (χ0) is 11.0. The second-order valence-corrected chi connectivity index (χ2v) is 4.16. The molecule has 0 saturated carbocycles. The normalized spacial score (nSPS) is 14.4. The summed E-state index contributed by atoms with van der Waals surface area (Å²) in [4.78, 5) is 34.3. The van der Waals surface area contributed by atoms with Crippen LogP contribution in [0, 0.1) is 0 Å². The molecule has 1 aliphatic heterocycles. The molecule has 74 valence electrons. The molecule has 0 aromatic carbocycles. The number of hydrogen-bond acceptors (Lipinski definition) is 7. The summed E-state index contributed by atoms with van der Waals surface area (Å²) in [6.45, 7) is 0. The number of amides is 4. The quantitative estimate of drug-likeness (QED) is 0.145. The zero-order valence-corrected chi connectivity index (χ0v) is 15.5. The summed E-state index contributed by atoms with van der Waals surface area (Å²) in [7, 11) is 0. The fourth-order valence-corrected chi connectivity index (χ4v) is 1.43. The maximum atomic E-state index is 11.3. The standard InChI is InChI=1S/C5H2N2O3S4.2Na/c8-1-2(9)7(5(13)14)3(10)6(1)4(11)12;;/h(H,11,12)(H,13,14);;/q;2*+1/p-2. The van der Waals surface area contributed by atoms with Gasteiger partial charge in [-0.3, -0.25) is 9.59 Å². The Bertz CT molecular complexity index is 354. The third-order valence-electron chi connectivity index (χ3n) is 1.34. The Morgan fingerprint density at radius 1 is 0.875 bits per heavy atom. The van der Waals surface area contributed by atoms with Gasteiger partial charge in [-0.2, -0.15) is 0 Å². The Labute approximate surface area is 157 Å².